The zero-order chi connectivity index (χ0) is 23.7. The third-order valence-electron chi connectivity index (χ3n) is 6.30. The molecule has 2 unspecified atom stereocenters. The Morgan fingerprint density at radius 1 is 0.765 bits per heavy atom. The quantitative estimate of drug-likeness (QED) is 0.263. The van der Waals surface area contributed by atoms with E-state index in [4.69, 9.17) is 4.52 Å². The molecule has 1 heterocycles. The van der Waals surface area contributed by atoms with Crippen LogP contribution in [0.4, 0.5) is 0 Å². The highest BCUT2D eigenvalue weighted by Crippen LogP contribution is 2.56. The van der Waals surface area contributed by atoms with Crippen molar-refractivity contribution in [1.29, 1.82) is 0 Å². The van der Waals surface area contributed by atoms with Crippen LogP contribution in [0, 0.1) is 5.41 Å². The Hall–Kier alpha value is -2.87. The molecule has 4 aromatic carbocycles. The first-order valence-corrected chi connectivity index (χ1v) is 13.2. The van der Waals surface area contributed by atoms with E-state index in [9.17, 15) is 0 Å². The Labute approximate surface area is 204 Å². The standard InChI is InChI=1S/C30H33N2OP/c1-23(27-18-10-14-25-12-6-8-17-29(25)27)32-20-19-31(34(32)33-22-30(2,3)4)21-26-15-9-13-24-11-5-7-16-28(24)26/h5-20,23H,21-22H2,1-4H3. The van der Waals surface area contributed by atoms with E-state index in [1.807, 2.05) is 0 Å². The molecule has 0 amide bonds. The molecule has 34 heavy (non-hydrogen) atoms. The van der Waals surface area contributed by atoms with Crippen LogP contribution in [0.15, 0.2) is 97.3 Å². The number of nitrogens with zero attached hydrogens (tertiary/aromatic N) is 2. The summed E-state index contributed by atoms with van der Waals surface area (Å²) in [7, 11) is -0.978. The number of fused-ring (bicyclic) bond motifs is 2. The van der Waals surface area contributed by atoms with E-state index in [1.54, 1.807) is 0 Å². The Bertz CT molecular complexity index is 1320. The molecule has 0 spiro atoms. The first-order valence-electron chi connectivity index (χ1n) is 12.0. The predicted molar refractivity (Wildman–Crippen MR) is 145 cm³/mol. The third kappa shape index (κ3) is 4.69. The van der Waals surface area contributed by atoms with Gasteiger partial charge in [-0.15, -0.1) is 0 Å². The SMILES string of the molecule is CC(c1cccc2ccccc12)N1C=CN(Cc2cccc3ccccc23)P1OCC(C)(C)C. The van der Waals surface area contributed by atoms with E-state index in [0.717, 1.165) is 6.54 Å². The van der Waals surface area contributed by atoms with Gasteiger partial charge in [-0.2, -0.15) is 0 Å². The van der Waals surface area contributed by atoms with Gasteiger partial charge in [0.05, 0.1) is 19.2 Å². The van der Waals surface area contributed by atoms with Crippen LogP contribution >= 0.6 is 8.45 Å². The molecule has 2 atom stereocenters. The molecule has 0 bridgehead atoms. The molecule has 1 aliphatic heterocycles. The Balaban J connectivity index is 1.47. The van der Waals surface area contributed by atoms with E-state index in [1.165, 1.54) is 32.7 Å². The average Bonchev–Trinajstić information content (AvgIpc) is 3.24. The smallest absolute Gasteiger partial charge is 0.248 e. The van der Waals surface area contributed by atoms with Crippen LogP contribution in [-0.2, 0) is 11.1 Å². The third-order valence-corrected chi connectivity index (χ3v) is 8.25. The molecule has 4 aromatic rings. The summed E-state index contributed by atoms with van der Waals surface area (Å²) in [5, 5.41) is 5.18. The van der Waals surface area contributed by atoms with Crippen LogP contribution in [0.3, 0.4) is 0 Å². The Kier molecular flexibility index (Phi) is 6.34. The fraction of sp³-hybridized carbons (Fsp3) is 0.267. The normalized spacial score (nSPS) is 17.1. The van der Waals surface area contributed by atoms with Gasteiger partial charge >= 0.3 is 0 Å². The van der Waals surface area contributed by atoms with E-state index in [0.29, 0.717) is 6.61 Å². The van der Waals surface area contributed by atoms with Crippen molar-refractivity contribution in [2.24, 2.45) is 5.41 Å². The molecule has 3 nitrogen and oxygen atoms in total. The molecule has 174 valence electrons. The van der Waals surface area contributed by atoms with Gasteiger partial charge in [-0.25, -0.2) is 0 Å². The summed E-state index contributed by atoms with van der Waals surface area (Å²) >= 11 is 0. The lowest BCUT2D eigenvalue weighted by atomic mass is 9.99. The summed E-state index contributed by atoms with van der Waals surface area (Å²) in [6, 6.07) is 30.7. The summed E-state index contributed by atoms with van der Waals surface area (Å²) in [6.45, 7) is 10.5. The monoisotopic (exact) mass is 468 g/mol. The van der Waals surface area contributed by atoms with Crippen molar-refractivity contribution in [3.8, 4) is 0 Å². The van der Waals surface area contributed by atoms with Crippen molar-refractivity contribution in [2.75, 3.05) is 6.61 Å². The van der Waals surface area contributed by atoms with Crippen molar-refractivity contribution < 1.29 is 4.52 Å². The average molecular weight is 469 g/mol. The summed E-state index contributed by atoms with van der Waals surface area (Å²) in [5.41, 5.74) is 2.76. The van der Waals surface area contributed by atoms with Crippen LogP contribution in [0.2, 0.25) is 0 Å². The number of hydrogen-bond donors (Lipinski definition) is 0. The van der Waals surface area contributed by atoms with Crippen molar-refractivity contribution >= 4 is 30.0 Å². The first-order chi connectivity index (χ1) is 16.4. The second-order valence-electron chi connectivity index (χ2n) is 10.2. The lowest BCUT2D eigenvalue weighted by molar-refractivity contribution is 0.191. The lowest BCUT2D eigenvalue weighted by Gasteiger charge is -2.36. The van der Waals surface area contributed by atoms with Crippen LogP contribution in [0.5, 0.6) is 0 Å². The molecule has 5 rings (SSSR count). The van der Waals surface area contributed by atoms with Gasteiger partial charge in [0.25, 0.3) is 0 Å². The highest BCUT2D eigenvalue weighted by atomic mass is 31.2. The van der Waals surface area contributed by atoms with Gasteiger partial charge in [-0.05, 0) is 45.0 Å². The lowest BCUT2D eigenvalue weighted by Crippen LogP contribution is -2.23. The topological polar surface area (TPSA) is 15.7 Å². The highest BCUT2D eigenvalue weighted by molar-refractivity contribution is 7.47. The first kappa shape index (κ1) is 22.9. The van der Waals surface area contributed by atoms with Gasteiger partial charge < -0.3 is 13.9 Å². The van der Waals surface area contributed by atoms with Gasteiger partial charge in [0, 0.05) is 12.4 Å². The van der Waals surface area contributed by atoms with Gasteiger partial charge in [-0.3, -0.25) is 0 Å². The fourth-order valence-corrected chi connectivity index (χ4v) is 6.63. The highest BCUT2D eigenvalue weighted by Gasteiger charge is 2.34. The molecule has 0 radical (unpaired) electrons. The minimum Gasteiger partial charge on any atom is -0.322 e. The Morgan fingerprint density at radius 2 is 1.38 bits per heavy atom. The molecule has 1 aliphatic rings. The van der Waals surface area contributed by atoms with Crippen molar-refractivity contribution in [1.82, 2.24) is 9.34 Å². The predicted octanol–water partition coefficient (Wildman–Crippen LogP) is 8.63. The second kappa shape index (κ2) is 9.41. The maximum Gasteiger partial charge on any atom is 0.248 e. The van der Waals surface area contributed by atoms with Gasteiger partial charge in [0.2, 0.25) is 8.45 Å². The molecule has 0 saturated heterocycles. The number of hydrogen-bond acceptors (Lipinski definition) is 3. The molecule has 0 saturated carbocycles. The van der Waals surface area contributed by atoms with E-state index < -0.39 is 8.45 Å². The van der Waals surface area contributed by atoms with E-state index in [2.05, 4.69) is 134 Å². The molecule has 0 fully saturated rings. The van der Waals surface area contributed by atoms with Crippen molar-refractivity contribution in [3.63, 3.8) is 0 Å². The molecule has 4 heteroatoms. The molecule has 0 aliphatic carbocycles. The van der Waals surface area contributed by atoms with Crippen LogP contribution in [-0.4, -0.2) is 15.9 Å². The van der Waals surface area contributed by atoms with E-state index >= 15 is 0 Å². The van der Waals surface area contributed by atoms with E-state index in [-0.39, 0.29) is 11.5 Å². The minimum atomic E-state index is -0.978. The molecule has 0 aromatic heterocycles. The summed E-state index contributed by atoms with van der Waals surface area (Å²) in [4.78, 5) is 0. The molecule has 0 N–H and O–H groups in total. The molecular formula is C30H33N2OP. The van der Waals surface area contributed by atoms with Gasteiger partial charge in [0.1, 0.15) is 0 Å². The van der Waals surface area contributed by atoms with Gasteiger partial charge in [0.15, 0.2) is 0 Å². The van der Waals surface area contributed by atoms with Gasteiger partial charge in [-0.1, -0.05) is 106 Å². The zero-order valence-corrected chi connectivity index (χ0v) is 21.4. The summed E-state index contributed by atoms with van der Waals surface area (Å²) < 4.78 is 11.5. The Morgan fingerprint density at radius 3 is 2.12 bits per heavy atom. The zero-order valence-electron chi connectivity index (χ0n) is 20.5. The maximum atomic E-state index is 6.69. The fourth-order valence-electron chi connectivity index (χ4n) is 4.54. The van der Waals surface area contributed by atoms with Crippen molar-refractivity contribution in [3.05, 3.63) is 108 Å². The summed E-state index contributed by atoms with van der Waals surface area (Å²) in [6.07, 6.45) is 4.45. The molecular weight excluding hydrogens is 435 g/mol. The van der Waals surface area contributed by atoms with Crippen LogP contribution in [0.25, 0.3) is 21.5 Å². The largest absolute Gasteiger partial charge is 0.322 e. The number of benzene rings is 4. The minimum absolute atomic E-state index is 0.102. The van der Waals surface area contributed by atoms with Crippen LogP contribution < -0.4 is 0 Å². The number of rotatable bonds is 6. The summed E-state index contributed by atoms with van der Waals surface area (Å²) in [5.74, 6) is 0. The second-order valence-corrected chi connectivity index (χ2v) is 12.0. The maximum absolute atomic E-state index is 6.69. The van der Waals surface area contributed by atoms with Crippen molar-refractivity contribution in [2.45, 2.75) is 40.3 Å². The van der Waals surface area contributed by atoms with Crippen LogP contribution in [0.1, 0.15) is 44.9 Å².